The summed E-state index contributed by atoms with van der Waals surface area (Å²) in [5.74, 6) is 0.222. The number of halogens is 1. The first-order valence-corrected chi connectivity index (χ1v) is 7.42. The van der Waals surface area contributed by atoms with Crippen molar-refractivity contribution in [3.05, 3.63) is 29.1 Å². The summed E-state index contributed by atoms with van der Waals surface area (Å²) in [6.45, 7) is 5.96. The molecule has 0 N–H and O–H groups in total. The van der Waals surface area contributed by atoms with Crippen molar-refractivity contribution in [2.45, 2.75) is 44.9 Å². The lowest BCUT2D eigenvalue weighted by Crippen LogP contribution is -2.37. The Morgan fingerprint density at radius 1 is 1.19 bits per heavy atom. The smallest absolute Gasteiger partial charge is 0.323 e. The second-order valence-corrected chi connectivity index (χ2v) is 7.15. The summed E-state index contributed by atoms with van der Waals surface area (Å²) in [4.78, 5) is 15.4. The Kier molecular flexibility index (Phi) is 4.00. The van der Waals surface area contributed by atoms with E-state index in [0.29, 0.717) is 11.5 Å². The quantitative estimate of drug-likeness (QED) is 0.804. The van der Waals surface area contributed by atoms with E-state index in [1.165, 1.54) is 4.90 Å². The molecule has 2 rings (SSSR count). The first-order valence-electron chi connectivity index (χ1n) is 7.42. The van der Waals surface area contributed by atoms with Crippen molar-refractivity contribution >= 4 is 11.7 Å². The Morgan fingerprint density at radius 3 is 2.19 bits per heavy atom. The van der Waals surface area contributed by atoms with Crippen molar-refractivity contribution in [1.29, 1.82) is 0 Å². The van der Waals surface area contributed by atoms with E-state index in [-0.39, 0.29) is 17.3 Å². The second kappa shape index (κ2) is 5.32. The van der Waals surface area contributed by atoms with E-state index >= 15 is 0 Å². The van der Waals surface area contributed by atoms with E-state index in [0.717, 1.165) is 24.1 Å². The van der Waals surface area contributed by atoms with E-state index in [1.807, 2.05) is 26.8 Å². The van der Waals surface area contributed by atoms with Gasteiger partial charge in [0.15, 0.2) is 0 Å². The maximum atomic E-state index is 14.4. The topological polar surface area (TPSA) is 23.6 Å². The average molecular weight is 292 g/mol. The molecule has 1 aromatic carbocycles. The molecule has 1 aliphatic carbocycles. The minimum atomic E-state index is -0.289. The number of carbonyl (C=O) groups is 1. The molecule has 4 heteroatoms. The van der Waals surface area contributed by atoms with Crippen LogP contribution in [0.5, 0.6) is 0 Å². The fourth-order valence-electron chi connectivity index (χ4n) is 2.57. The molecule has 2 amide bonds. The summed E-state index contributed by atoms with van der Waals surface area (Å²) < 4.78 is 14.4. The van der Waals surface area contributed by atoms with Crippen molar-refractivity contribution in [2.24, 2.45) is 0 Å². The summed E-state index contributed by atoms with van der Waals surface area (Å²) in [5, 5.41) is 0. The van der Waals surface area contributed by atoms with Crippen molar-refractivity contribution in [1.82, 2.24) is 4.90 Å². The highest BCUT2D eigenvalue weighted by Gasteiger charge is 2.31. The Morgan fingerprint density at radius 2 is 1.76 bits per heavy atom. The van der Waals surface area contributed by atoms with Crippen molar-refractivity contribution in [3.8, 4) is 0 Å². The lowest BCUT2D eigenvalue weighted by Gasteiger charge is -2.28. The fraction of sp³-hybridized carbons (Fsp3) is 0.588. The molecule has 21 heavy (non-hydrogen) atoms. The molecule has 1 aromatic rings. The van der Waals surface area contributed by atoms with Gasteiger partial charge >= 0.3 is 6.03 Å². The number of amides is 2. The third-order valence-corrected chi connectivity index (χ3v) is 3.97. The highest BCUT2D eigenvalue weighted by Crippen LogP contribution is 2.46. The third kappa shape index (κ3) is 3.20. The van der Waals surface area contributed by atoms with Gasteiger partial charge in [0.2, 0.25) is 0 Å². The van der Waals surface area contributed by atoms with Crippen LogP contribution < -0.4 is 4.90 Å². The standard InChI is InChI=1S/C17H25FN2O/c1-17(2,3)13-10-15(20(6)16(21)19(4)5)12(9-14(13)18)11-7-8-11/h9-11H,7-8H2,1-6H3. The normalized spacial score (nSPS) is 15.0. The van der Waals surface area contributed by atoms with Gasteiger partial charge in [-0.1, -0.05) is 20.8 Å². The predicted octanol–water partition coefficient (Wildman–Crippen LogP) is 4.12. The van der Waals surface area contributed by atoms with Crippen LogP contribution in [0.15, 0.2) is 12.1 Å². The summed E-state index contributed by atoms with van der Waals surface area (Å²) in [6.07, 6.45) is 2.15. The number of carbonyl (C=O) groups excluding carboxylic acids is 1. The van der Waals surface area contributed by atoms with Gasteiger partial charge in [-0.05, 0) is 47.4 Å². The van der Waals surface area contributed by atoms with Gasteiger partial charge in [0.05, 0.1) is 0 Å². The van der Waals surface area contributed by atoms with Gasteiger partial charge in [-0.25, -0.2) is 9.18 Å². The monoisotopic (exact) mass is 292 g/mol. The van der Waals surface area contributed by atoms with Gasteiger partial charge in [-0.3, -0.25) is 4.90 Å². The number of benzene rings is 1. The first-order chi connectivity index (χ1) is 9.62. The molecule has 1 aliphatic rings. The zero-order chi connectivity index (χ0) is 15.9. The molecule has 116 valence electrons. The van der Waals surface area contributed by atoms with Gasteiger partial charge in [-0.2, -0.15) is 0 Å². The highest BCUT2D eigenvalue weighted by molar-refractivity contribution is 5.92. The summed E-state index contributed by atoms with van der Waals surface area (Å²) in [7, 11) is 5.21. The molecule has 1 fully saturated rings. The van der Waals surface area contributed by atoms with Crippen LogP contribution in [0.3, 0.4) is 0 Å². The zero-order valence-corrected chi connectivity index (χ0v) is 13.8. The van der Waals surface area contributed by atoms with Gasteiger partial charge in [0.25, 0.3) is 0 Å². The van der Waals surface area contributed by atoms with E-state index in [4.69, 9.17) is 0 Å². The third-order valence-electron chi connectivity index (χ3n) is 3.97. The SMILES string of the molecule is CN(C)C(=O)N(C)c1cc(C(C)(C)C)c(F)cc1C1CC1. The van der Waals surface area contributed by atoms with Crippen LogP contribution >= 0.6 is 0 Å². The van der Waals surface area contributed by atoms with E-state index in [9.17, 15) is 9.18 Å². The highest BCUT2D eigenvalue weighted by atomic mass is 19.1. The molecule has 0 bridgehead atoms. The largest absolute Gasteiger partial charge is 0.330 e. The minimum absolute atomic E-state index is 0.0941. The van der Waals surface area contributed by atoms with Gasteiger partial charge in [0.1, 0.15) is 5.82 Å². The molecule has 0 radical (unpaired) electrons. The van der Waals surface area contributed by atoms with E-state index in [2.05, 4.69) is 0 Å². The maximum Gasteiger partial charge on any atom is 0.323 e. The lowest BCUT2D eigenvalue weighted by atomic mass is 9.85. The number of anilines is 1. The van der Waals surface area contributed by atoms with Crippen LogP contribution in [0.4, 0.5) is 14.9 Å². The Labute approximate surface area is 126 Å². The second-order valence-electron chi connectivity index (χ2n) is 7.15. The molecule has 3 nitrogen and oxygen atoms in total. The molecule has 1 saturated carbocycles. The molecule has 0 aliphatic heterocycles. The summed E-state index contributed by atoms with van der Waals surface area (Å²) >= 11 is 0. The average Bonchev–Trinajstić information content (AvgIpc) is 3.19. The van der Waals surface area contributed by atoms with Crippen molar-refractivity contribution in [2.75, 3.05) is 26.0 Å². The zero-order valence-electron chi connectivity index (χ0n) is 13.8. The van der Waals surface area contributed by atoms with Gasteiger partial charge < -0.3 is 4.90 Å². The van der Waals surface area contributed by atoms with E-state index in [1.54, 1.807) is 32.1 Å². The van der Waals surface area contributed by atoms with Crippen molar-refractivity contribution < 1.29 is 9.18 Å². The molecule has 0 atom stereocenters. The molecule has 0 aromatic heterocycles. The van der Waals surface area contributed by atoms with Crippen LogP contribution in [0.1, 0.15) is 50.7 Å². The van der Waals surface area contributed by atoms with Gasteiger partial charge in [-0.15, -0.1) is 0 Å². The molecular formula is C17H25FN2O. The fourth-order valence-corrected chi connectivity index (χ4v) is 2.57. The Hall–Kier alpha value is -1.58. The Balaban J connectivity index is 2.53. The molecule has 0 spiro atoms. The number of hydrogen-bond donors (Lipinski definition) is 0. The van der Waals surface area contributed by atoms with Crippen LogP contribution in [-0.2, 0) is 5.41 Å². The van der Waals surface area contributed by atoms with Crippen LogP contribution in [0, 0.1) is 5.82 Å². The van der Waals surface area contributed by atoms with Crippen LogP contribution in [0.25, 0.3) is 0 Å². The number of rotatable bonds is 2. The van der Waals surface area contributed by atoms with Crippen molar-refractivity contribution in [3.63, 3.8) is 0 Å². The molecule has 0 saturated heterocycles. The maximum absolute atomic E-state index is 14.4. The summed E-state index contributed by atoms with van der Waals surface area (Å²) in [5.41, 5.74) is 2.16. The van der Waals surface area contributed by atoms with Gasteiger partial charge in [0, 0.05) is 26.8 Å². The molecular weight excluding hydrogens is 267 g/mol. The predicted molar refractivity (Wildman–Crippen MR) is 84.6 cm³/mol. The van der Waals surface area contributed by atoms with Crippen LogP contribution in [-0.4, -0.2) is 32.1 Å². The number of nitrogens with zero attached hydrogens (tertiary/aromatic N) is 2. The Bertz CT molecular complexity index is 557. The van der Waals surface area contributed by atoms with E-state index < -0.39 is 0 Å². The first kappa shape index (κ1) is 15.8. The van der Waals surface area contributed by atoms with Crippen LogP contribution in [0.2, 0.25) is 0 Å². The number of urea groups is 1. The molecule has 0 unspecified atom stereocenters. The lowest BCUT2D eigenvalue weighted by molar-refractivity contribution is 0.225. The molecule has 0 heterocycles. The summed E-state index contributed by atoms with van der Waals surface area (Å²) in [6, 6.07) is 3.39. The number of hydrogen-bond acceptors (Lipinski definition) is 1. The minimum Gasteiger partial charge on any atom is -0.330 e.